The summed E-state index contributed by atoms with van der Waals surface area (Å²) in [7, 11) is -3.38. The van der Waals surface area contributed by atoms with Gasteiger partial charge in [0.15, 0.2) is 4.21 Å². The molecule has 13 heavy (non-hydrogen) atoms. The van der Waals surface area contributed by atoms with Gasteiger partial charge in [-0.05, 0) is 6.92 Å². The van der Waals surface area contributed by atoms with Crippen LogP contribution in [0.15, 0.2) is 10.4 Å². The van der Waals surface area contributed by atoms with Gasteiger partial charge in [-0.2, -0.15) is 0 Å². The number of nitrogens with one attached hydrogen (secondary N) is 1. The zero-order valence-electron chi connectivity index (χ0n) is 7.15. The molecule has 1 rings (SSSR count). The molecule has 0 aliphatic carbocycles. The van der Waals surface area contributed by atoms with Gasteiger partial charge in [-0.25, -0.2) is 18.1 Å². The van der Waals surface area contributed by atoms with Crippen LogP contribution in [0.25, 0.3) is 0 Å². The highest BCUT2D eigenvalue weighted by Gasteiger charge is 2.15. The molecule has 0 saturated heterocycles. The summed E-state index contributed by atoms with van der Waals surface area (Å²) in [5, 5.41) is 0.730. The van der Waals surface area contributed by atoms with Gasteiger partial charge in [0.05, 0.1) is 11.2 Å². The lowest BCUT2D eigenvalue weighted by atomic mass is 10.7. The molecule has 1 aromatic rings. The molecule has 0 aliphatic heterocycles. The van der Waals surface area contributed by atoms with Gasteiger partial charge < -0.3 is 5.73 Å². The van der Waals surface area contributed by atoms with E-state index < -0.39 is 10.0 Å². The fraction of sp³-hybridized carbons (Fsp3) is 0.500. The highest BCUT2D eigenvalue weighted by Crippen LogP contribution is 2.16. The number of sulfonamides is 1. The second-order valence-corrected chi connectivity index (χ2v) is 5.61. The number of rotatable bonds is 4. The molecule has 0 spiro atoms. The highest BCUT2D eigenvalue weighted by molar-refractivity contribution is 7.91. The van der Waals surface area contributed by atoms with E-state index in [1.165, 1.54) is 6.20 Å². The summed E-state index contributed by atoms with van der Waals surface area (Å²) in [6.07, 6.45) is 1.35. The van der Waals surface area contributed by atoms with Crippen molar-refractivity contribution in [3.05, 3.63) is 11.2 Å². The first-order chi connectivity index (χ1) is 6.06. The first-order valence-electron chi connectivity index (χ1n) is 3.68. The van der Waals surface area contributed by atoms with Gasteiger partial charge in [-0.15, -0.1) is 11.3 Å². The Balaban J connectivity index is 2.82. The number of thiazole rings is 1. The predicted octanol–water partition coefficient (Wildman–Crippen LogP) is -0.311. The Kier molecular flexibility index (Phi) is 3.37. The fourth-order valence-corrected chi connectivity index (χ4v) is 2.93. The molecule has 0 saturated carbocycles. The second kappa shape index (κ2) is 4.14. The van der Waals surface area contributed by atoms with Crippen LogP contribution in [0.1, 0.15) is 5.01 Å². The Labute approximate surface area is 81.0 Å². The molecular formula is C6H11N3O2S2. The van der Waals surface area contributed by atoms with Gasteiger partial charge in [0, 0.05) is 13.1 Å². The molecule has 1 aromatic heterocycles. The molecule has 0 atom stereocenters. The Morgan fingerprint density at radius 2 is 2.38 bits per heavy atom. The van der Waals surface area contributed by atoms with Crippen LogP contribution in [0, 0.1) is 6.92 Å². The van der Waals surface area contributed by atoms with Crippen LogP contribution in [0.2, 0.25) is 0 Å². The normalized spacial score (nSPS) is 11.8. The zero-order valence-corrected chi connectivity index (χ0v) is 8.78. The average molecular weight is 221 g/mol. The van der Waals surface area contributed by atoms with Crippen molar-refractivity contribution in [2.45, 2.75) is 11.1 Å². The molecule has 0 bridgehead atoms. The summed E-state index contributed by atoms with van der Waals surface area (Å²) in [4.78, 5) is 3.86. The van der Waals surface area contributed by atoms with Crippen LogP contribution in [0.5, 0.6) is 0 Å². The Morgan fingerprint density at radius 3 is 2.85 bits per heavy atom. The maximum absolute atomic E-state index is 11.4. The highest BCUT2D eigenvalue weighted by atomic mass is 32.2. The topological polar surface area (TPSA) is 85.1 Å². The molecule has 5 nitrogen and oxygen atoms in total. The van der Waals surface area contributed by atoms with Gasteiger partial charge in [0.2, 0.25) is 0 Å². The monoisotopic (exact) mass is 221 g/mol. The van der Waals surface area contributed by atoms with E-state index in [1.807, 2.05) is 0 Å². The molecule has 0 radical (unpaired) electrons. The maximum atomic E-state index is 11.4. The summed E-state index contributed by atoms with van der Waals surface area (Å²) < 4.78 is 25.4. The lowest BCUT2D eigenvalue weighted by Crippen LogP contribution is -2.28. The summed E-state index contributed by atoms with van der Waals surface area (Å²) in [6.45, 7) is 2.29. The van der Waals surface area contributed by atoms with Crippen molar-refractivity contribution >= 4 is 21.4 Å². The summed E-state index contributed by atoms with van der Waals surface area (Å²) in [6, 6.07) is 0. The summed E-state index contributed by atoms with van der Waals surface area (Å²) in [5.74, 6) is 0. The third kappa shape index (κ3) is 2.73. The number of nitrogens with two attached hydrogens (primary N) is 1. The molecule has 0 aliphatic rings. The standard InChI is InChI=1S/C6H11N3O2S2/c1-5-8-4-6(12-5)13(10,11)9-3-2-7/h4,9H,2-3,7H2,1H3. The van der Waals surface area contributed by atoms with E-state index in [-0.39, 0.29) is 17.3 Å². The number of hydrogen-bond donors (Lipinski definition) is 2. The molecular weight excluding hydrogens is 210 g/mol. The minimum Gasteiger partial charge on any atom is -0.329 e. The quantitative estimate of drug-likeness (QED) is 0.730. The van der Waals surface area contributed by atoms with E-state index in [4.69, 9.17) is 5.73 Å². The van der Waals surface area contributed by atoms with Crippen LogP contribution in [0.4, 0.5) is 0 Å². The Morgan fingerprint density at radius 1 is 1.69 bits per heavy atom. The van der Waals surface area contributed by atoms with Gasteiger partial charge in [-0.3, -0.25) is 0 Å². The Bertz CT molecular complexity index is 371. The van der Waals surface area contributed by atoms with E-state index in [9.17, 15) is 8.42 Å². The lowest BCUT2D eigenvalue weighted by Gasteiger charge is -2.00. The number of nitrogens with zero attached hydrogens (tertiary/aromatic N) is 1. The molecule has 0 fully saturated rings. The predicted molar refractivity (Wildman–Crippen MR) is 51.1 cm³/mol. The fourth-order valence-electron chi connectivity index (χ4n) is 0.731. The van der Waals surface area contributed by atoms with Crippen molar-refractivity contribution < 1.29 is 8.42 Å². The van der Waals surface area contributed by atoms with Crippen LogP contribution >= 0.6 is 11.3 Å². The molecule has 3 N–H and O–H groups in total. The average Bonchev–Trinajstić information content (AvgIpc) is 2.49. The van der Waals surface area contributed by atoms with Crippen molar-refractivity contribution in [3.63, 3.8) is 0 Å². The smallest absolute Gasteiger partial charge is 0.251 e. The maximum Gasteiger partial charge on any atom is 0.251 e. The largest absolute Gasteiger partial charge is 0.329 e. The zero-order chi connectivity index (χ0) is 9.90. The SMILES string of the molecule is Cc1ncc(S(=O)(=O)NCCN)s1. The third-order valence-corrected chi connectivity index (χ3v) is 4.14. The molecule has 0 amide bonds. The number of aryl methyl sites for hydroxylation is 1. The van der Waals surface area contributed by atoms with Crippen LogP contribution in [-0.4, -0.2) is 26.5 Å². The van der Waals surface area contributed by atoms with Gasteiger partial charge in [0.1, 0.15) is 0 Å². The van der Waals surface area contributed by atoms with Crippen LogP contribution in [-0.2, 0) is 10.0 Å². The molecule has 1 heterocycles. The Hall–Kier alpha value is -0.500. The van der Waals surface area contributed by atoms with Crippen molar-refractivity contribution in [3.8, 4) is 0 Å². The van der Waals surface area contributed by atoms with E-state index in [0.717, 1.165) is 16.3 Å². The van der Waals surface area contributed by atoms with E-state index >= 15 is 0 Å². The third-order valence-electron chi connectivity index (χ3n) is 1.30. The van der Waals surface area contributed by atoms with Gasteiger partial charge in [0.25, 0.3) is 10.0 Å². The van der Waals surface area contributed by atoms with Crippen molar-refractivity contribution in [2.24, 2.45) is 5.73 Å². The summed E-state index contributed by atoms with van der Waals surface area (Å²) in [5.41, 5.74) is 5.18. The minimum atomic E-state index is -3.38. The molecule has 0 unspecified atom stereocenters. The van der Waals surface area contributed by atoms with Crippen LogP contribution in [0.3, 0.4) is 0 Å². The van der Waals surface area contributed by atoms with E-state index in [1.54, 1.807) is 6.92 Å². The van der Waals surface area contributed by atoms with Gasteiger partial charge >= 0.3 is 0 Å². The van der Waals surface area contributed by atoms with Crippen molar-refractivity contribution in [1.82, 2.24) is 9.71 Å². The minimum absolute atomic E-state index is 0.235. The molecule has 74 valence electrons. The van der Waals surface area contributed by atoms with E-state index in [2.05, 4.69) is 9.71 Å². The van der Waals surface area contributed by atoms with Crippen molar-refractivity contribution in [1.29, 1.82) is 0 Å². The van der Waals surface area contributed by atoms with E-state index in [0.29, 0.717) is 0 Å². The first-order valence-corrected chi connectivity index (χ1v) is 5.98. The number of hydrogen-bond acceptors (Lipinski definition) is 5. The lowest BCUT2D eigenvalue weighted by molar-refractivity contribution is 0.584. The second-order valence-electron chi connectivity index (χ2n) is 2.38. The van der Waals surface area contributed by atoms with Crippen molar-refractivity contribution in [2.75, 3.05) is 13.1 Å². The summed E-state index contributed by atoms with van der Waals surface area (Å²) >= 11 is 1.14. The number of aromatic nitrogens is 1. The first kappa shape index (κ1) is 10.6. The van der Waals surface area contributed by atoms with Crippen LogP contribution < -0.4 is 10.5 Å². The molecule has 7 heteroatoms. The van der Waals surface area contributed by atoms with Gasteiger partial charge in [-0.1, -0.05) is 0 Å². The molecule has 0 aromatic carbocycles.